The van der Waals surface area contributed by atoms with Crippen molar-refractivity contribution < 1.29 is 9.21 Å². The van der Waals surface area contributed by atoms with E-state index in [9.17, 15) is 4.79 Å². The number of benzene rings is 2. The maximum atomic E-state index is 13.2. The van der Waals surface area contributed by atoms with E-state index in [1.54, 1.807) is 24.3 Å². The zero-order valence-electron chi connectivity index (χ0n) is 17.3. The van der Waals surface area contributed by atoms with Crippen LogP contribution < -0.4 is 4.90 Å². The van der Waals surface area contributed by atoms with Gasteiger partial charge in [-0.05, 0) is 38.1 Å². The molecule has 4 rings (SSSR count). The number of amides is 1. The largest absolute Gasteiger partial charge is 0.423 e. The molecular weight excluding hydrogens is 380 g/mol. The van der Waals surface area contributed by atoms with Gasteiger partial charge in [-0.2, -0.15) is 20.0 Å². The number of fused-ring (bicyclic) bond motifs is 1. The molecule has 8 nitrogen and oxygen atoms in total. The van der Waals surface area contributed by atoms with Crippen molar-refractivity contribution in [3.63, 3.8) is 0 Å². The average molecular weight is 404 g/mol. The number of rotatable bonds is 7. The molecule has 0 aliphatic rings. The Morgan fingerprint density at radius 2 is 1.87 bits per heavy atom. The second-order valence-electron chi connectivity index (χ2n) is 7.11. The van der Waals surface area contributed by atoms with E-state index in [1.807, 2.05) is 61.2 Å². The van der Waals surface area contributed by atoms with E-state index >= 15 is 0 Å². The van der Waals surface area contributed by atoms with E-state index < -0.39 is 0 Å². The molecular formula is C22H24N6O2. The van der Waals surface area contributed by atoms with Crippen LogP contribution in [0.1, 0.15) is 22.8 Å². The van der Waals surface area contributed by atoms with Crippen LogP contribution in [-0.2, 0) is 0 Å². The summed E-state index contributed by atoms with van der Waals surface area (Å²) in [7, 11) is 1.80. The van der Waals surface area contributed by atoms with E-state index in [-0.39, 0.29) is 5.91 Å². The Bertz CT molecular complexity index is 1120. The SMILES string of the molecule is CCN(CCN(C)C(=O)c1cc(C)ccc1-n1nccn1)c1nc2ccccc2o1. The van der Waals surface area contributed by atoms with Crippen LogP contribution in [0.4, 0.5) is 6.01 Å². The molecule has 2 heterocycles. The fourth-order valence-electron chi connectivity index (χ4n) is 3.30. The van der Waals surface area contributed by atoms with E-state index in [1.165, 1.54) is 4.80 Å². The second-order valence-corrected chi connectivity index (χ2v) is 7.11. The molecule has 0 aliphatic heterocycles. The minimum atomic E-state index is -0.0837. The van der Waals surface area contributed by atoms with Gasteiger partial charge in [-0.3, -0.25) is 4.79 Å². The highest BCUT2D eigenvalue weighted by Gasteiger charge is 2.20. The van der Waals surface area contributed by atoms with Gasteiger partial charge in [0.1, 0.15) is 5.52 Å². The van der Waals surface area contributed by atoms with Gasteiger partial charge < -0.3 is 14.2 Å². The van der Waals surface area contributed by atoms with Gasteiger partial charge in [0.05, 0.1) is 23.6 Å². The summed E-state index contributed by atoms with van der Waals surface area (Å²) in [6, 6.07) is 13.9. The Hall–Kier alpha value is -3.68. The predicted molar refractivity (Wildman–Crippen MR) is 115 cm³/mol. The molecule has 0 aliphatic carbocycles. The highest BCUT2D eigenvalue weighted by molar-refractivity contribution is 5.97. The van der Waals surface area contributed by atoms with E-state index in [0.29, 0.717) is 30.4 Å². The molecule has 1 amide bonds. The van der Waals surface area contributed by atoms with Crippen LogP contribution in [0, 0.1) is 6.92 Å². The van der Waals surface area contributed by atoms with Crippen LogP contribution in [-0.4, -0.2) is 57.5 Å². The van der Waals surface area contributed by atoms with Crippen LogP contribution in [0.3, 0.4) is 0 Å². The molecule has 0 unspecified atom stereocenters. The molecule has 2 aromatic carbocycles. The lowest BCUT2D eigenvalue weighted by atomic mass is 10.1. The van der Waals surface area contributed by atoms with Gasteiger partial charge in [-0.1, -0.05) is 23.8 Å². The number of oxazole rings is 1. The van der Waals surface area contributed by atoms with Crippen molar-refractivity contribution in [1.82, 2.24) is 24.9 Å². The predicted octanol–water partition coefficient (Wildman–Crippen LogP) is 3.32. The quantitative estimate of drug-likeness (QED) is 0.470. The number of anilines is 1. The molecule has 30 heavy (non-hydrogen) atoms. The second kappa shape index (κ2) is 8.36. The van der Waals surface area contributed by atoms with Gasteiger partial charge in [0.25, 0.3) is 11.9 Å². The summed E-state index contributed by atoms with van der Waals surface area (Å²) in [5.41, 5.74) is 3.81. The normalized spacial score (nSPS) is 11.0. The number of likely N-dealkylation sites (N-methyl/N-ethyl adjacent to an activating group) is 2. The van der Waals surface area contributed by atoms with Crippen molar-refractivity contribution in [2.75, 3.05) is 31.6 Å². The molecule has 0 saturated carbocycles. The highest BCUT2D eigenvalue weighted by atomic mass is 16.4. The molecule has 0 bridgehead atoms. The number of aryl methyl sites for hydroxylation is 1. The standard InChI is InChI=1S/C22H24N6O2/c1-4-27(22-25-18-7-5-6-8-20(18)30-22)14-13-26(3)21(29)17-15-16(2)9-10-19(17)28-23-11-12-24-28/h5-12,15H,4,13-14H2,1-3H3. The van der Waals surface area contributed by atoms with Crippen LogP contribution in [0.25, 0.3) is 16.8 Å². The van der Waals surface area contributed by atoms with E-state index in [2.05, 4.69) is 15.2 Å². The summed E-state index contributed by atoms with van der Waals surface area (Å²) >= 11 is 0. The topological polar surface area (TPSA) is 80.3 Å². The number of carbonyl (C=O) groups excluding carboxylic acids is 1. The Kier molecular flexibility index (Phi) is 5.47. The van der Waals surface area contributed by atoms with Crippen molar-refractivity contribution in [2.24, 2.45) is 0 Å². The summed E-state index contributed by atoms with van der Waals surface area (Å²) in [5.74, 6) is -0.0837. The number of para-hydroxylation sites is 2. The number of hydrogen-bond donors (Lipinski definition) is 0. The lowest BCUT2D eigenvalue weighted by Crippen LogP contribution is -2.37. The minimum absolute atomic E-state index is 0.0837. The van der Waals surface area contributed by atoms with E-state index in [0.717, 1.165) is 23.2 Å². The molecule has 4 aromatic rings. The summed E-state index contributed by atoms with van der Waals surface area (Å²) in [4.78, 5) is 22.9. The summed E-state index contributed by atoms with van der Waals surface area (Å²) in [6.45, 7) is 5.85. The van der Waals surface area contributed by atoms with Crippen molar-refractivity contribution in [2.45, 2.75) is 13.8 Å². The summed E-state index contributed by atoms with van der Waals surface area (Å²) < 4.78 is 5.87. The molecule has 0 N–H and O–H groups in total. The third kappa shape index (κ3) is 3.89. The molecule has 154 valence electrons. The first-order chi connectivity index (χ1) is 14.6. The van der Waals surface area contributed by atoms with Crippen LogP contribution in [0.5, 0.6) is 0 Å². The fraction of sp³-hybridized carbons (Fsp3) is 0.273. The molecule has 2 aromatic heterocycles. The number of aromatic nitrogens is 4. The monoisotopic (exact) mass is 404 g/mol. The smallest absolute Gasteiger partial charge is 0.298 e. The summed E-state index contributed by atoms with van der Waals surface area (Å²) in [6.07, 6.45) is 3.19. The zero-order valence-corrected chi connectivity index (χ0v) is 17.3. The molecule has 0 spiro atoms. The van der Waals surface area contributed by atoms with Crippen LogP contribution >= 0.6 is 0 Å². The molecule has 0 fully saturated rings. The number of carbonyl (C=O) groups is 1. The number of hydrogen-bond acceptors (Lipinski definition) is 6. The van der Waals surface area contributed by atoms with Gasteiger partial charge >= 0.3 is 0 Å². The first-order valence-electron chi connectivity index (χ1n) is 9.90. The van der Waals surface area contributed by atoms with Crippen LogP contribution in [0.15, 0.2) is 59.3 Å². The molecule has 8 heteroatoms. The van der Waals surface area contributed by atoms with Crippen molar-refractivity contribution in [1.29, 1.82) is 0 Å². The third-order valence-corrected chi connectivity index (χ3v) is 5.00. The third-order valence-electron chi connectivity index (χ3n) is 5.00. The van der Waals surface area contributed by atoms with Gasteiger partial charge in [0.2, 0.25) is 0 Å². The zero-order chi connectivity index (χ0) is 21.1. The van der Waals surface area contributed by atoms with Gasteiger partial charge in [0, 0.05) is 26.7 Å². The Morgan fingerprint density at radius 3 is 2.60 bits per heavy atom. The lowest BCUT2D eigenvalue weighted by Gasteiger charge is -2.24. The highest BCUT2D eigenvalue weighted by Crippen LogP contribution is 2.22. The van der Waals surface area contributed by atoms with E-state index in [4.69, 9.17) is 4.42 Å². The maximum Gasteiger partial charge on any atom is 0.298 e. The molecule has 0 radical (unpaired) electrons. The fourth-order valence-corrected chi connectivity index (χ4v) is 3.30. The summed E-state index contributed by atoms with van der Waals surface area (Å²) in [5, 5.41) is 8.34. The van der Waals surface area contributed by atoms with Gasteiger partial charge in [-0.15, -0.1) is 0 Å². The first-order valence-corrected chi connectivity index (χ1v) is 9.90. The van der Waals surface area contributed by atoms with Crippen molar-refractivity contribution in [3.05, 3.63) is 66.0 Å². The Morgan fingerprint density at radius 1 is 1.10 bits per heavy atom. The number of nitrogens with zero attached hydrogens (tertiary/aromatic N) is 6. The lowest BCUT2D eigenvalue weighted by molar-refractivity contribution is 0.0797. The van der Waals surface area contributed by atoms with Gasteiger partial charge in [-0.25, -0.2) is 0 Å². The Balaban J connectivity index is 1.50. The molecule has 0 atom stereocenters. The average Bonchev–Trinajstić information content (AvgIpc) is 3.43. The van der Waals surface area contributed by atoms with Crippen molar-refractivity contribution >= 4 is 23.0 Å². The van der Waals surface area contributed by atoms with Gasteiger partial charge in [0.15, 0.2) is 5.58 Å². The minimum Gasteiger partial charge on any atom is -0.423 e. The Labute approximate surface area is 174 Å². The van der Waals surface area contributed by atoms with Crippen molar-refractivity contribution in [3.8, 4) is 5.69 Å². The van der Waals surface area contributed by atoms with Crippen LogP contribution in [0.2, 0.25) is 0 Å². The molecule has 0 saturated heterocycles. The first kappa shape index (κ1) is 19.6. The maximum absolute atomic E-state index is 13.2.